The molecule has 0 unspecified atom stereocenters. The number of para-hydroxylation sites is 1. The van der Waals surface area contributed by atoms with E-state index in [-0.39, 0.29) is 0 Å². The van der Waals surface area contributed by atoms with Gasteiger partial charge in [-0.3, -0.25) is 4.90 Å². The molecule has 4 nitrogen and oxygen atoms in total. The molecule has 2 rings (SSSR count). The molecule has 0 radical (unpaired) electrons. The van der Waals surface area contributed by atoms with Crippen molar-refractivity contribution in [1.29, 1.82) is 0 Å². The first-order valence-electron chi connectivity index (χ1n) is 9.22. The summed E-state index contributed by atoms with van der Waals surface area (Å²) in [5, 5.41) is 10.5. The number of benzene rings is 2. The summed E-state index contributed by atoms with van der Waals surface area (Å²) in [5.41, 5.74) is 3.64. The molecule has 4 heteroatoms. The molecule has 0 fully saturated rings. The Balaban J connectivity index is 1.91. The van der Waals surface area contributed by atoms with E-state index < -0.39 is 6.10 Å². The number of hydrogen-bond acceptors (Lipinski definition) is 4. The van der Waals surface area contributed by atoms with Gasteiger partial charge in [0, 0.05) is 33.4 Å². The third-order valence-corrected chi connectivity index (χ3v) is 4.47. The van der Waals surface area contributed by atoms with Crippen LogP contribution in [-0.4, -0.2) is 49.5 Å². The number of aliphatic hydroxyl groups is 1. The largest absolute Gasteiger partial charge is 0.491 e. The average Bonchev–Trinajstić information content (AvgIpc) is 2.63. The molecule has 0 bridgehead atoms. The zero-order valence-corrected chi connectivity index (χ0v) is 16.1. The minimum Gasteiger partial charge on any atom is -0.491 e. The molecule has 0 aromatic heterocycles. The molecule has 1 N–H and O–H groups in total. The van der Waals surface area contributed by atoms with Crippen molar-refractivity contribution in [1.82, 2.24) is 4.90 Å². The maximum Gasteiger partial charge on any atom is 0.122 e. The van der Waals surface area contributed by atoms with Crippen molar-refractivity contribution in [2.45, 2.75) is 32.9 Å². The number of aryl methyl sites for hydroxylation is 2. The molecule has 26 heavy (non-hydrogen) atoms. The standard InChI is InChI=1S/C22H31NO3/c1-18-9-4-6-11-20(18)15-23(13-8-14-25-3)16-21(24)17-26-22-12-7-5-10-19(22)2/h4-7,9-12,21,24H,8,13-17H2,1-3H3/t21-/m1/s1. The Bertz CT molecular complexity index is 659. The molecule has 0 aliphatic heterocycles. The van der Waals surface area contributed by atoms with Crippen molar-refractivity contribution in [2.24, 2.45) is 0 Å². The van der Waals surface area contributed by atoms with Crippen LogP contribution in [0.4, 0.5) is 0 Å². The lowest BCUT2D eigenvalue weighted by Crippen LogP contribution is -2.36. The molecule has 142 valence electrons. The summed E-state index contributed by atoms with van der Waals surface area (Å²) < 4.78 is 11.0. The van der Waals surface area contributed by atoms with Gasteiger partial charge in [-0.15, -0.1) is 0 Å². The first-order chi connectivity index (χ1) is 12.6. The van der Waals surface area contributed by atoms with E-state index in [4.69, 9.17) is 9.47 Å². The zero-order chi connectivity index (χ0) is 18.8. The maximum atomic E-state index is 10.5. The highest BCUT2D eigenvalue weighted by Crippen LogP contribution is 2.17. The lowest BCUT2D eigenvalue weighted by molar-refractivity contribution is 0.0615. The fraction of sp³-hybridized carbons (Fsp3) is 0.455. The smallest absolute Gasteiger partial charge is 0.122 e. The molecular weight excluding hydrogens is 326 g/mol. The van der Waals surface area contributed by atoms with Gasteiger partial charge in [-0.25, -0.2) is 0 Å². The Kier molecular flexibility index (Phi) is 8.62. The summed E-state index contributed by atoms with van der Waals surface area (Å²) in [4.78, 5) is 2.27. The number of aliphatic hydroxyl groups excluding tert-OH is 1. The Hall–Kier alpha value is -1.88. The second kappa shape index (κ2) is 11.0. The van der Waals surface area contributed by atoms with E-state index in [9.17, 15) is 5.11 Å². The van der Waals surface area contributed by atoms with Crippen LogP contribution in [0.3, 0.4) is 0 Å². The molecule has 0 aliphatic rings. The fourth-order valence-electron chi connectivity index (χ4n) is 2.95. The predicted octanol–water partition coefficient (Wildman–Crippen LogP) is 3.58. The number of nitrogens with zero attached hydrogens (tertiary/aromatic N) is 1. The number of ether oxygens (including phenoxy) is 2. The van der Waals surface area contributed by atoms with Crippen LogP contribution in [0.1, 0.15) is 23.1 Å². The van der Waals surface area contributed by atoms with Crippen LogP contribution >= 0.6 is 0 Å². The first-order valence-corrected chi connectivity index (χ1v) is 9.22. The van der Waals surface area contributed by atoms with Gasteiger partial charge in [-0.2, -0.15) is 0 Å². The second-order valence-electron chi connectivity index (χ2n) is 6.74. The lowest BCUT2D eigenvalue weighted by atomic mass is 10.1. The van der Waals surface area contributed by atoms with E-state index in [1.165, 1.54) is 11.1 Å². The summed E-state index contributed by atoms with van der Waals surface area (Å²) in [6.07, 6.45) is 0.398. The van der Waals surface area contributed by atoms with E-state index in [0.717, 1.165) is 37.4 Å². The summed E-state index contributed by atoms with van der Waals surface area (Å²) in [6, 6.07) is 16.3. The summed E-state index contributed by atoms with van der Waals surface area (Å²) >= 11 is 0. The molecule has 0 aliphatic carbocycles. The normalized spacial score (nSPS) is 12.3. The SMILES string of the molecule is COCCCN(Cc1ccccc1C)C[C@@H](O)COc1ccccc1C. The Morgan fingerprint density at radius 2 is 1.69 bits per heavy atom. The zero-order valence-electron chi connectivity index (χ0n) is 16.1. The lowest BCUT2D eigenvalue weighted by Gasteiger charge is -2.26. The quantitative estimate of drug-likeness (QED) is 0.624. The Morgan fingerprint density at radius 1 is 1.00 bits per heavy atom. The van der Waals surface area contributed by atoms with E-state index in [1.807, 2.05) is 31.2 Å². The van der Waals surface area contributed by atoms with Crippen LogP contribution in [0.15, 0.2) is 48.5 Å². The van der Waals surface area contributed by atoms with E-state index >= 15 is 0 Å². The third kappa shape index (κ3) is 6.79. The summed E-state index contributed by atoms with van der Waals surface area (Å²) in [5.74, 6) is 0.830. The summed E-state index contributed by atoms with van der Waals surface area (Å²) in [6.45, 7) is 7.42. The van der Waals surface area contributed by atoms with E-state index in [1.54, 1.807) is 7.11 Å². The molecule has 0 spiro atoms. The van der Waals surface area contributed by atoms with Gasteiger partial charge in [0.2, 0.25) is 0 Å². The highest BCUT2D eigenvalue weighted by molar-refractivity contribution is 5.31. The van der Waals surface area contributed by atoms with Gasteiger partial charge < -0.3 is 14.6 Å². The van der Waals surface area contributed by atoms with Gasteiger partial charge >= 0.3 is 0 Å². The number of rotatable bonds is 11. The van der Waals surface area contributed by atoms with Crippen LogP contribution in [0.5, 0.6) is 5.75 Å². The van der Waals surface area contributed by atoms with E-state index in [2.05, 4.69) is 36.1 Å². The van der Waals surface area contributed by atoms with Crippen LogP contribution in [0, 0.1) is 13.8 Å². The third-order valence-electron chi connectivity index (χ3n) is 4.47. The van der Waals surface area contributed by atoms with Crippen molar-refractivity contribution in [3.63, 3.8) is 0 Å². The first kappa shape index (κ1) is 20.4. The number of hydrogen-bond donors (Lipinski definition) is 1. The van der Waals surface area contributed by atoms with Crippen molar-refractivity contribution >= 4 is 0 Å². The molecule has 2 aromatic rings. The number of methoxy groups -OCH3 is 1. The van der Waals surface area contributed by atoms with Gasteiger partial charge in [0.05, 0.1) is 0 Å². The van der Waals surface area contributed by atoms with Gasteiger partial charge in [0.25, 0.3) is 0 Å². The second-order valence-corrected chi connectivity index (χ2v) is 6.74. The van der Waals surface area contributed by atoms with Gasteiger partial charge in [0.1, 0.15) is 18.5 Å². The Morgan fingerprint density at radius 3 is 2.38 bits per heavy atom. The average molecular weight is 357 g/mol. The van der Waals surface area contributed by atoms with Crippen molar-refractivity contribution in [3.8, 4) is 5.75 Å². The minimum absolute atomic E-state index is 0.291. The molecule has 0 saturated heterocycles. The summed E-state index contributed by atoms with van der Waals surface area (Å²) in [7, 11) is 1.72. The fourth-order valence-corrected chi connectivity index (χ4v) is 2.95. The van der Waals surface area contributed by atoms with Crippen LogP contribution in [0.25, 0.3) is 0 Å². The predicted molar refractivity (Wildman–Crippen MR) is 106 cm³/mol. The van der Waals surface area contributed by atoms with E-state index in [0.29, 0.717) is 13.2 Å². The van der Waals surface area contributed by atoms with Crippen LogP contribution in [0.2, 0.25) is 0 Å². The maximum absolute atomic E-state index is 10.5. The van der Waals surface area contributed by atoms with Gasteiger partial charge in [-0.05, 0) is 43.0 Å². The van der Waals surface area contributed by atoms with Crippen LogP contribution < -0.4 is 4.74 Å². The molecule has 1 atom stereocenters. The molecule has 0 saturated carbocycles. The Labute approximate surface area is 157 Å². The topological polar surface area (TPSA) is 41.9 Å². The van der Waals surface area contributed by atoms with Gasteiger partial charge in [0.15, 0.2) is 0 Å². The highest BCUT2D eigenvalue weighted by atomic mass is 16.5. The molecular formula is C22H31NO3. The molecule has 0 heterocycles. The van der Waals surface area contributed by atoms with Crippen molar-refractivity contribution in [3.05, 3.63) is 65.2 Å². The monoisotopic (exact) mass is 357 g/mol. The van der Waals surface area contributed by atoms with Gasteiger partial charge in [-0.1, -0.05) is 42.5 Å². The van der Waals surface area contributed by atoms with Crippen LogP contribution in [-0.2, 0) is 11.3 Å². The minimum atomic E-state index is -0.541. The van der Waals surface area contributed by atoms with Crippen molar-refractivity contribution in [2.75, 3.05) is 33.4 Å². The van der Waals surface area contributed by atoms with Crippen molar-refractivity contribution < 1.29 is 14.6 Å². The molecule has 2 aromatic carbocycles. The molecule has 0 amide bonds. The highest BCUT2D eigenvalue weighted by Gasteiger charge is 2.14.